The molecule has 0 saturated carbocycles. The van der Waals surface area contributed by atoms with Gasteiger partial charge in [-0.05, 0) is 37.9 Å². The maximum absolute atomic E-state index is 13.6. The number of alkyl halides is 3. The van der Waals surface area contributed by atoms with E-state index in [2.05, 4.69) is 26.8 Å². The zero-order valence-electron chi connectivity index (χ0n) is 20.3. The zero-order chi connectivity index (χ0) is 26.2. The number of carbonyl (C=O) groups is 2. The zero-order valence-corrected chi connectivity index (χ0v) is 20.3. The van der Waals surface area contributed by atoms with E-state index < -0.39 is 24.0 Å². The van der Waals surface area contributed by atoms with Crippen molar-refractivity contribution < 1.29 is 27.5 Å². The largest absolute Gasteiger partial charge is 0.402 e. The molecule has 1 aromatic heterocycles. The summed E-state index contributed by atoms with van der Waals surface area (Å²) in [5.74, 6) is -2.33. The van der Waals surface area contributed by atoms with Gasteiger partial charge in [0.1, 0.15) is 11.9 Å². The molecule has 4 aliphatic heterocycles. The van der Waals surface area contributed by atoms with Crippen molar-refractivity contribution in [1.82, 2.24) is 25.6 Å². The van der Waals surface area contributed by atoms with Crippen LogP contribution in [0.25, 0.3) is 0 Å². The van der Waals surface area contributed by atoms with Crippen LogP contribution < -0.4 is 15.8 Å². The molecule has 1 aromatic rings. The summed E-state index contributed by atoms with van der Waals surface area (Å²) in [6.07, 6.45) is -0.574. The van der Waals surface area contributed by atoms with Crippen LogP contribution in [0.4, 0.5) is 19.0 Å². The summed E-state index contributed by atoms with van der Waals surface area (Å²) in [5, 5.41) is 8.95. The van der Waals surface area contributed by atoms with Crippen molar-refractivity contribution in [2.24, 2.45) is 5.92 Å². The van der Waals surface area contributed by atoms with Gasteiger partial charge in [0, 0.05) is 37.9 Å². The van der Waals surface area contributed by atoms with Crippen LogP contribution in [0.2, 0.25) is 0 Å². The Kier molecular flexibility index (Phi) is 7.24. The number of anilines is 1. The van der Waals surface area contributed by atoms with Gasteiger partial charge in [0.05, 0.1) is 37.3 Å². The summed E-state index contributed by atoms with van der Waals surface area (Å²) in [6.45, 7) is 2.20. The maximum Gasteiger partial charge on any atom is 0.402 e. The molecule has 2 amide bonds. The molecule has 4 aliphatic rings. The molecular formula is C24H30F3N7O3. The molecular weight excluding hydrogens is 491 g/mol. The number of halogens is 3. The van der Waals surface area contributed by atoms with E-state index in [0.29, 0.717) is 31.6 Å². The fourth-order valence-electron chi connectivity index (χ4n) is 6.16. The number of nitrogens with one attached hydrogen (secondary N) is 2. The van der Waals surface area contributed by atoms with Gasteiger partial charge in [0.25, 0.3) is 0 Å². The summed E-state index contributed by atoms with van der Waals surface area (Å²) >= 11 is 0. The van der Waals surface area contributed by atoms with E-state index >= 15 is 0 Å². The van der Waals surface area contributed by atoms with Crippen LogP contribution in [-0.2, 0) is 14.3 Å². The second-order valence-corrected chi connectivity index (χ2v) is 10.1. The second kappa shape index (κ2) is 10.4. The first kappa shape index (κ1) is 25.7. The normalized spacial score (nSPS) is 30.0. The number of rotatable bonds is 7. The summed E-state index contributed by atoms with van der Waals surface area (Å²) in [5.41, 5.74) is 5.18. The van der Waals surface area contributed by atoms with Crippen LogP contribution in [0.5, 0.6) is 0 Å². The molecule has 13 heteroatoms. The van der Waals surface area contributed by atoms with Crippen molar-refractivity contribution in [3.63, 3.8) is 0 Å². The van der Waals surface area contributed by atoms with E-state index in [4.69, 9.17) is 10.00 Å². The number of hydrogen-bond donors (Lipinski definition) is 2. The molecule has 4 fully saturated rings. The van der Waals surface area contributed by atoms with E-state index in [-0.39, 0.29) is 50.2 Å². The topological polar surface area (TPSA) is 114 Å². The number of hydrogen-bond acceptors (Lipinski definition) is 8. The smallest absolute Gasteiger partial charge is 0.379 e. The predicted octanol–water partition coefficient (Wildman–Crippen LogP) is 0.795. The summed E-state index contributed by atoms with van der Waals surface area (Å²) in [7, 11) is 0. The number of hydrazine groups is 1. The number of piperazine rings is 1. The number of carbonyl (C=O) groups excluding carboxylic acids is 2. The number of amides is 2. The number of ether oxygens (including phenoxy) is 1. The number of fused-ring (bicyclic) bond motifs is 2. The maximum atomic E-state index is 13.6. The minimum absolute atomic E-state index is 0.00787. The van der Waals surface area contributed by atoms with Gasteiger partial charge in [-0.1, -0.05) is 0 Å². The van der Waals surface area contributed by atoms with Crippen LogP contribution in [0.3, 0.4) is 0 Å². The van der Waals surface area contributed by atoms with Gasteiger partial charge in [-0.3, -0.25) is 19.9 Å². The molecule has 2 bridgehead atoms. The van der Waals surface area contributed by atoms with Gasteiger partial charge in [-0.25, -0.2) is 10.4 Å². The van der Waals surface area contributed by atoms with Crippen molar-refractivity contribution in [1.29, 1.82) is 5.26 Å². The monoisotopic (exact) mass is 521 g/mol. The van der Waals surface area contributed by atoms with E-state index in [1.807, 2.05) is 11.0 Å². The minimum Gasteiger partial charge on any atom is -0.379 e. The van der Waals surface area contributed by atoms with Crippen molar-refractivity contribution >= 4 is 17.6 Å². The van der Waals surface area contributed by atoms with E-state index in [9.17, 15) is 22.8 Å². The highest BCUT2D eigenvalue weighted by Gasteiger charge is 2.54. The first-order chi connectivity index (χ1) is 17.8. The van der Waals surface area contributed by atoms with Crippen LogP contribution in [0, 0.1) is 17.2 Å². The molecule has 5 heterocycles. The predicted molar refractivity (Wildman–Crippen MR) is 125 cm³/mol. The van der Waals surface area contributed by atoms with E-state index in [1.54, 1.807) is 17.2 Å². The molecule has 2 N–H and O–H groups in total. The Morgan fingerprint density at radius 3 is 2.78 bits per heavy atom. The Balaban J connectivity index is 1.08. The van der Waals surface area contributed by atoms with Crippen LogP contribution >= 0.6 is 0 Å². The standard InChI is InChI=1S/C24H30F3N7O3/c25-24(26,27)22-19(11-30-31-23(22)36)32-6-1-2-16(32)14-37-7-5-21(35)34-13-17-8-18(34)12-33(17)20-4-3-15(9-28)10-29-20/h3-4,10,16-19,22,30H,1-2,5-8,11-14H2,(H,31,36)/t16-,17+,18+,19?,22?/m0/s1. The van der Waals surface area contributed by atoms with Crippen molar-refractivity contribution in [2.75, 3.05) is 44.3 Å². The lowest BCUT2D eigenvalue weighted by Gasteiger charge is -2.40. The molecule has 0 aliphatic carbocycles. The lowest BCUT2D eigenvalue weighted by Crippen LogP contribution is -2.65. The molecule has 2 unspecified atom stereocenters. The third kappa shape index (κ3) is 5.23. The molecule has 5 atom stereocenters. The summed E-state index contributed by atoms with van der Waals surface area (Å²) in [6, 6.07) is 4.70. The molecule has 200 valence electrons. The van der Waals surface area contributed by atoms with Gasteiger partial charge >= 0.3 is 6.18 Å². The van der Waals surface area contributed by atoms with Crippen molar-refractivity contribution in [2.45, 2.75) is 56.0 Å². The van der Waals surface area contributed by atoms with Crippen LogP contribution in [0.15, 0.2) is 18.3 Å². The first-order valence-electron chi connectivity index (χ1n) is 12.6. The quantitative estimate of drug-likeness (QED) is 0.507. The Hall–Kier alpha value is -2.95. The summed E-state index contributed by atoms with van der Waals surface area (Å²) < 4.78 is 46.5. The Morgan fingerprint density at radius 2 is 2.11 bits per heavy atom. The Labute approximate surface area is 212 Å². The lowest BCUT2D eigenvalue weighted by molar-refractivity contribution is -0.201. The van der Waals surface area contributed by atoms with Gasteiger partial charge in [0.2, 0.25) is 11.8 Å². The molecule has 5 rings (SSSR count). The van der Waals surface area contributed by atoms with Crippen LogP contribution in [0.1, 0.15) is 31.2 Å². The Bertz CT molecular complexity index is 1050. The first-order valence-corrected chi connectivity index (χ1v) is 12.6. The average molecular weight is 522 g/mol. The summed E-state index contributed by atoms with van der Waals surface area (Å²) in [4.78, 5) is 35.0. The van der Waals surface area contributed by atoms with Gasteiger partial charge in [-0.2, -0.15) is 18.4 Å². The highest BCUT2D eigenvalue weighted by molar-refractivity contribution is 5.80. The number of aromatic nitrogens is 1. The lowest BCUT2D eigenvalue weighted by atomic mass is 9.94. The fourth-order valence-corrected chi connectivity index (χ4v) is 6.16. The van der Waals surface area contributed by atoms with E-state index in [0.717, 1.165) is 18.7 Å². The van der Waals surface area contributed by atoms with Gasteiger partial charge in [0.15, 0.2) is 5.92 Å². The Morgan fingerprint density at radius 1 is 1.27 bits per heavy atom. The third-order valence-electron chi connectivity index (χ3n) is 7.89. The molecule has 0 aromatic carbocycles. The molecule has 0 radical (unpaired) electrons. The minimum atomic E-state index is -4.63. The number of pyridine rings is 1. The molecule has 4 saturated heterocycles. The highest BCUT2D eigenvalue weighted by Crippen LogP contribution is 2.36. The third-order valence-corrected chi connectivity index (χ3v) is 7.89. The van der Waals surface area contributed by atoms with Crippen molar-refractivity contribution in [3.05, 3.63) is 23.9 Å². The number of nitriles is 1. The average Bonchev–Trinajstić information content (AvgIpc) is 3.62. The molecule has 37 heavy (non-hydrogen) atoms. The van der Waals surface area contributed by atoms with Crippen LogP contribution in [-0.4, -0.2) is 96.3 Å². The SMILES string of the molecule is N#Cc1ccc(N2C[C@H]3C[C@@H]2CN3C(=O)CCOC[C@@H]2CCCN2C2CNNC(=O)C2C(F)(F)F)nc1. The number of nitrogens with zero attached hydrogens (tertiary/aromatic N) is 5. The van der Waals surface area contributed by atoms with E-state index in [1.165, 1.54) is 0 Å². The van der Waals surface area contributed by atoms with Gasteiger partial charge < -0.3 is 14.5 Å². The fraction of sp³-hybridized carbons (Fsp3) is 0.667. The highest BCUT2D eigenvalue weighted by atomic mass is 19.4. The molecule has 10 nitrogen and oxygen atoms in total. The number of likely N-dealkylation sites (tertiary alicyclic amines) is 2. The van der Waals surface area contributed by atoms with Crippen molar-refractivity contribution in [3.8, 4) is 6.07 Å². The molecule has 0 spiro atoms. The second-order valence-electron chi connectivity index (χ2n) is 10.1. The van der Waals surface area contributed by atoms with Gasteiger partial charge in [-0.15, -0.1) is 0 Å².